The van der Waals surface area contributed by atoms with Crippen molar-refractivity contribution in [2.75, 3.05) is 0 Å². The number of carboxylic acid groups (broad SMARTS) is 1. The van der Waals surface area contributed by atoms with Gasteiger partial charge in [0, 0.05) is 5.97 Å². The Kier molecular flexibility index (Phi) is 16.7. The van der Waals surface area contributed by atoms with E-state index in [1.165, 1.54) is 0 Å². The van der Waals surface area contributed by atoms with Gasteiger partial charge in [-0.3, -0.25) is 0 Å². The van der Waals surface area contributed by atoms with Gasteiger partial charge in [0.05, 0.1) is 0 Å². The first kappa shape index (κ1) is 18.6. The first-order valence-corrected chi connectivity index (χ1v) is 3.38. The average Bonchev–Trinajstić information content (AvgIpc) is 1.63. The second-order valence-electron chi connectivity index (χ2n) is 2.44. The van der Waals surface area contributed by atoms with E-state index in [0.717, 1.165) is 0 Å². The van der Waals surface area contributed by atoms with Crippen LogP contribution >= 0.6 is 0 Å². The second kappa shape index (κ2) is 9.90. The number of carbonyl (C=O) groups is 1. The molecule has 0 saturated carbocycles. The first-order chi connectivity index (χ1) is 4.04. The number of hydrogen-bond donors (Lipinski definition) is 0. The molecule has 2 nitrogen and oxygen atoms in total. The van der Waals surface area contributed by atoms with E-state index in [1.54, 1.807) is 0 Å². The van der Waals surface area contributed by atoms with Crippen LogP contribution < -0.4 is 64.2 Å². The molecular formula is C6H10Na2O2S. The fourth-order valence-corrected chi connectivity index (χ4v) is 0.909. The zero-order valence-corrected chi connectivity index (χ0v) is 12.4. The SMILES string of the molecule is CC(C)C[C@H]([S-])C(=O)[O-].[Na+].[Na+]. The smallest absolute Gasteiger partial charge is 0.783 e. The van der Waals surface area contributed by atoms with Gasteiger partial charge in [0.15, 0.2) is 0 Å². The molecular weight excluding hydrogens is 182 g/mol. The molecule has 0 aliphatic rings. The fraction of sp³-hybridized carbons (Fsp3) is 0.833. The predicted molar refractivity (Wildman–Crippen MR) is 35.6 cm³/mol. The summed E-state index contributed by atoms with van der Waals surface area (Å²) in [7, 11) is 0. The van der Waals surface area contributed by atoms with E-state index in [4.69, 9.17) is 0 Å². The van der Waals surface area contributed by atoms with Gasteiger partial charge in [0.2, 0.25) is 0 Å². The molecule has 0 aromatic heterocycles. The van der Waals surface area contributed by atoms with Gasteiger partial charge in [0.1, 0.15) is 0 Å². The van der Waals surface area contributed by atoms with Crippen LogP contribution in [0.2, 0.25) is 0 Å². The molecule has 0 amide bonds. The zero-order valence-electron chi connectivity index (χ0n) is 7.59. The number of carboxylic acids is 1. The summed E-state index contributed by atoms with van der Waals surface area (Å²) in [5.74, 6) is -0.788. The minimum atomic E-state index is -1.13. The molecule has 11 heavy (non-hydrogen) atoms. The van der Waals surface area contributed by atoms with Gasteiger partial charge < -0.3 is 22.5 Å². The number of aliphatic carboxylic acids is 1. The van der Waals surface area contributed by atoms with Crippen molar-refractivity contribution in [3.05, 3.63) is 0 Å². The van der Waals surface area contributed by atoms with Crippen LogP contribution in [0.25, 0.3) is 0 Å². The number of carbonyl (C=O) groups excluding carboxylic acids is 1. The number of hydrogen-bond acceptors (Lipinski definition) is 3. The van der Waals surface area contributed by atoms with Crippen LogP contribution in [0.1, 0.15) is 20.3 Å². The molecule has 0 unspecified atom stereocenters. The average molecular weight is 192 g/mol. The third-order valence-corrected chi connectivity index (χ3v) is 1.33. The van der Waals surface area contributed by atoms with Crippen molar-refractivity contribution in [3.8, 4) is 0 Å². The van der Waals surface area contributed by atoms with Crippen LogP contribution in [0.4, 0.5) is 0 Å². The molecule has 0 saturated heterocycles. The fourth-order valence-electron chi connectivity index (χ4n) is 0.524. The second-order valence-corrected chi connectivity index (χ2v) is 3.01. The van der Waals surface area contributed by atoms with Gasteiger partial charge in [-0.15, -0.1) is 5.25 Å². The Morgan fingerprint density at radius 1 is 1.45 bits per heavy atom. The molecule has 0 aromatic rings. The van der Waals surface area contributed by atoms with Crippen LogP contribution in [-0.2, 0) is 17.4 Å². The molecule has 0 radical (unpaired) electrons. The molecule has 0 aliphatic carbocycles. The summed E-state index contributed by atoms with van der Waals surface area (Å²) in [5.41, 5.74) is 0. The van der Waals surface area contributed by atoms with E-state index in [-0.39, 0.29) is 59.1 Å². The van der Waals surface area contributed by atoms with Crippen LogP contribution in [0.3, 0.4) is 0 Å². The van der Waals surface area contributed by atoms with Gasteiger partial charge in [-0.2, -0.15) is 0 Å². The molecule has 5 heteroatoms. The van der Waals surface area contributed by atoms with Crippen molar-refractivity contribution in [1.29, 1.82) is 0 Å². The Balaban J connectivity index is -0.000000320. The van der Waals surface area contributed by atoms with E-state index in [0.29, 0.717) is 12.3 Å². The van der Waals surface area contributed by atoms with Crippen molar-refractivity contribution in [2.45, 2.75) is 25.5 Å². The van der Waals surface area contributed by atoms with Gasteiger partial charge in [-0.1, -0.05) is 20.3 Å². The summed E-state index contributed by atoms with van der Waals surface area (Å²) in [6.45, 7) is 3.87. The first-order valence-electron chi connectivity index (χ1n) is 2.90. The van der Waals surface area contributed by atoms with E-state index in [9.17, 15) is 9.90 Å². The van der Waals surface area contributed by atoms with E-state index in [2.05, 4.69) is 12.6 Å². The Bertz CT molecular complexity index is 109. The molecule has 0 spiro atoms. The Labute approximate surface area is 118 Å². The summed E-state index contributed by atoms with van der Waals surface area (Å²) < 4.78 is 0. The maximum Gasteiger partial charge on any atom is 1.00 e. The normalized spacial score (nSPS) is 11.3. The third kappa shape index (κ3) is 11.8. The molecule has 1 atom stereocenters. The summed E-state index contributed by atoms with van der Waals surface area (Å²) in [6.07, 6.45) is 0.525. The molecule has 0 heterocycles. The molecule has 0 aromatic carbocycles. The Morgan fingerprint density at radius 3 is 1.91 bits per heavy atom. The van der Waals surface area contributed by atoms with Crippen molar-refractivity contribution in [2.24, 2.45) is 5.92 Å². The van der Waals surface area contributed by atoms with Gasteiger partial charge in [-0.25, -0.2) is 0 Å². The van der Waals surface area contributed by atoms with Crippen LogP contribution in [-0.4, -0.2) is 11.2 Å². The molecule has 0 rings (SSSR count). The van der Waals surface area contributed by atoms with Crippen LogP contribution in [0.5, 0.6) is 0 Å². The van der Waals surface area contributed by atoms with Gasteiger partial charge >= 0.3 is 59.1 Å². The summed E-state index contributed by atoms with van der Waals surface area (Å²) >= 11 is 4.58. The maximum atomic E-state index is 10.0. The minimum absolute atomic E-state index is 0. The Hall–Kier alpha value is 1.82. The standard InChI is InChI=1S/C6H12O2S.2Na/c1-4(2)3-5(9)6(7)8;;/h4-5,9H,3H2,1-2H3,(H,7,8);;/q;2*+1/p-2/t5-;;/m0../s1. The number of rotatable bonds is 3. The largest absolute Gasteiger partial charge is 1.00 e. The topological polar surface area (TPSA) is 40.1 Å². The minimum Gasteiger partial charge on any atom is -0.783 e. The van der Waals surface area contributed by atoms with Crippen molar-refractivity contribution in [3.63, 3.8) is 0 Å². The van der Waals surface area contributed by atoms with Gasteiger partial charge in [-0.05, 0) is 5.92 Å². The van der Waals surface area contributed by atoms with Crippen molar-refractivity contribution >= 4 is 18.6 Å². The summed E-state index contributed by atoms with van der Waals surface area (Å²) in [6, 6.07) is 0. The maximum absolute atomic E-state index is 10.0. The summed E-state index contributed by atoms with van der Waals surface area (Å²) in [4.78, 5) is 10.0. The van der Waals surface area contributed by atoms with E-state index >= 15 is 0 Å². The zero-order chi connectivity index (χ0) is 7.44. The van der Waals surface area contributed by atoms with Crippen LogP contribution in [0, 0.1) is 5.92 Å². The molecule has 0 fully saturated rings. The molecule has 0 bridgehead atoms. The Morgan fingerprint density at radius 2 is 1.82 bits per heavy atom. The van der Waals surface area contributed by atoms with E-state index in [1.807, 2.05) is 13.8 Å². The quantitative estimate of drug-likeness (QED) is 0.330. The van der Waals surface area contributed by atoms with Crippen LogP contribution in [0.15, 0.2) is 0 Å². The van der Waals surface area contributed by atoms with Crippen molar-refractivity contribution < 1.29 is 69.0 Å². The monoisotopic (exact) mass is 192 g/mol. The molecule has 0 N–H and O–H groups in total. The van der Waals surface area contributed by atoms with E-state index < -0.39 is 11.2 Å². The predicted octanol–water partition coefficient (Wildman–Crippen LogP) is -6.29. The molecule has 54 valence electrons. The van der Waals surface area contributed by atoms with Gasteiger partial charge in [0.25, 0.3) is 0 Å². The summed E-state index contributed by atoms with van der Waals surface area (Å²) in [5, 5.41) is 9.30. The molecule has 0 aliphatic heterocycles. The third-order valence-electron chi connectivity index (χ3n) is 0.948. The van der Waals surface area contributed by atoms with Crippen molar-refractivity contribution in [1.82, 2.24) is 0 Å².